The average molecular weight is 617 g/mol. The normalized spacial score (nSPS) is 20.2. The minimum atomic E-state index is -0.844. The summed E-state index contributed by atoms with van der Waals surface area (Å²) in [6, 6.07) is 9.07. The Balaban J connectivity index is 1.38. The fourth-order valence-corrected chi connectivity index (χ4v) is 6.08. The third kappa shape index (κ3) is 7.28. The number of aromatic nitrogens is 4. The van der Waals surface area contributed by atoms with Gasteiger partial charge < -0.3 is 21.3 Å². The fourth-order valence-electron chi connectivity index (χ4n) is 5.06. The van der Waals surface area contributed by atoms with E-state index in [9.17, 15) is 19.2 Å². The molecule has 13 heteroatoms. The monoisotopic (exact) mass is 616 g/mol. The number of amides is 4. The number of nitrogens with zero attached hydrogens (tertiary/aromatic N) is 4. The van der Waals surface area contributed by atoms with E-state index in [0.29, 0.717) is 53.8 Å². The zero-order chi connectivity index (χ0) is 31.2. The lowest BCUT2D eigenvalue weighted by atomic mass is 10.0. The van der Waals surface area contributed by atoms with Crippen LogP contribution in [-0.2, 0) is 23.1 Å². The summed E-state index contributed by atoms with van der Waals surface area (Å²) in [4.78, 5) is 62.2. The van der Waals surface area contributed by atoms with Crippen LogP contribution in [0.2, 0.25) is 0 Å². The van der Waals surface area contributed by atoms with E-state index in [1.165, 1.54) is 17.5 Å². The highest BCUT2D eigenvalue weighted by molar-refractivity contribution is 7.09. The number of nitrogens with one attached hydrogen (secondary N) is 4. The largest absolute Gasteiger partial charge is 0.354 e. The van der Waals surface area contributed by atoms with Gasteiger partial charge in [0.05, 0.1) is 23.3 Å². The number of benzene rings is 1. The molecule has 0 fully saturated rings. The second-order valence-electron chi connectivity index (χ2n) is 11.2. The maximum atomic E-state index is 13.6. The van der Waals surface area contributed by atoms with Gasteiger partial charge >= 0.3 is 0 Å². The summed E-state index contributed by atoms with van der Waals surface area (Å²) in [5.74, 6) is -1.60. The molecule has 3 atom stereocenters. The number of hydrogen-bond donors (Lipinski definition) is 4. The Hall–Kier alpha value is -4.65. The van der Waals surface area contributed by atoms with Crippen LogP contribution in [0.1, 0.15) is 70.6 Å². The van der Waals surface area contributed by atoms with E-state index in [4.69, 9.17) is 0 Å². The summed E-state index contributed by atoms with van der Waals surface area (Å²) < 4.78 is 1.63. The van der Waals surface area contributed by atoms with Crippen molar-refractivity contribution in [3.05, 3.63) is 76.0 Å². The summed E-state index contributed by atoms with van der Waals surface area (Å²) in [5, 5.41) is 18.1. The number of pyridine rings is 1. The van der Waals surface area contributed by atoms with E-state index in [0.717, 1.165) is 5.56 Å². The molecule has 230 valence electrons. The maximum Gasteiger partial charge on any atom is 0.271 e. The lowest BCUT2D eigenvalue weighted by Gasteiger charge is -2.25. The van der Waals surface area contributed by atoms with Crippen LogP contribution in [0, 0.1) is 5.92 Å². The van der Waals surface area contributed by atoms with Crippen LogP contribution < -0.4 is 21.3 Å². The molecular weight excluding hydrogens is 580 g/mol. The van der Waals surface area contributed by atoms with Gasteiger partial charge in [0.2, 0.25) is 11.8 Å². The molecule has 0 spiro atoms. The zero-order valence-corrected chi connectivity index (χ0v) is 25.7. The molecule has 1 aromatic carbocycles. The van der Waals surface area contributed by atoms with Gasteiger partial charge in [-0.15, -0.1) is 11.3 Å². The highest BCUT2D eigenvalue weighted by atomic mass is 32.1. The molecule has 1 aliphatic heterocycles. The van der Waals surface area contributed by atoms with Gasteiger partial charge in [0.15, 0.2) is 0 Å². The summed E-state index contributed by atoms with van der Waals surface area (Å²) in [6.45, 7) is 4.25. The van der Waals surface area contributed by atoms with Crippen LogP contribution in [0.25, 0.3) is 11.0 Å². The Bertz CT molecular complexity index is 1650. The molecule has 2 bridgehead atoms. The Morgan fingerprint density at radius 3 is 2.66 bits per heavy atom. The third-order valence-electron chi connectivity index (χ3n) is 7.59. The van der Waals surface area contributed by atoms with Crippen LogP contribution in [-0.4, -0.2) is 62.0 Å². The molecule has 0 aliphatic carbocycles. The van der Waals surface area contributed by atoms with E-state index < -0.39 is 29.9 Å². The van der Waals surface area contributed by atoms with Crippen molar-refractivity contribution in [2.75, 3.05) is 6.54 Å². The highest BCUT2D eigenvalue weighted by Gasteiger charge is 2.29. The van der Waals surface area contributed by atoms with Gasteiger partial charge in [-0.05, 0) is 36.8 Å². The van der Waals surface area contributed by atoms with Crippen molar-refractivity contribution in [1.29, 1.82) is 0 Å². The number of rotatable bonds is 5. The number of aryl methyl sites for hydroxylation is 1. The minimum absolute atomic E-state index is 0.0516. The molecule has 4 heterocycles. The Morgan fingerprint density at radius 1 is 1.09 bits per heavy atom. The molecule has 5 rings (SSSR count). The van der Waals surface area contributed by atoms with Gasteiger partial charge in [0, 0.05) is 31.6 Å². The van der Waals surface area contributed by atoms with Crippen molar-refractivity contribution in [1.82, 2.24) is 41.0 Å². The minimum Gasteiger partial charge on any atom is -0.354 e. The van der Waals surface area contributed by atoms with Crippen molar-refractivity contribution in [2.45, 2.75) is 57.7 Å². The summed E-state index contributed by atoms with van der Waals surface area (Å²) in [6.07, 6.45) is 4.89. The molecule has 4 N–H and O–H groups in total. The molecule has 0 saturated heterocycles. The van der Waals surface area contributed by atoms with Gasteiger partial charge in [-0.3, -0.25) is 28.8 Å². The lowest BCUT2D eigenvalue weighted by molar-refractivity contribution is -0.124. The number of carbonyl (C=O) groups excluding carboxylic acids is 4. The molecule has 0 radical (unpaired) electrons. The first kappa shape index (κ1) is 30.8. The smallest absolute Gasteiger partial charge is 0.271 e. The first-order valence-corrected chi connectivity index (χ1v) is 15.5. The van der Waals surface area contributed by atoms with E-state index in [1.807, 2.05) is 44.2 Å². The number of hydrogen-bond acceptors (Lipinski definition) is 8. The van der Waals surface area contributed by atoms with Gasteiger partial charge in [-0.1, -0.05) is 44.2 Å². The average Bonchev–Trinajstić information content (AvgIpc) is 3.65. The van der Waals surface area contributed by atoms with Crippen molar-refractivity contribution < 1.29 is 19.2 Å². The van der Waals surface area contributed by atoms with E-state index in [2.05, 4.69) is 36.3 Å². The predicted molar refractivity (Wildman–Crippen MR) is 166 cm³/mol. The van der Waals surface area contributed by atoms with Crippen LogP contribution >= 0.6 is 11.3 Å². The summed E-state index contributed by atoms with van der Waals surface area (Å²) in [7, 11) is 1.77. The van der Waals surface area contributed by atoms with Crippen molar-refractivity contribution >= 4 is 46.0 Å². The lowest BCUT2D eigenvalue weighted by Crippen LogP contribution is -2.49. The molecule has 3 aromatic heterocycles. The Kier molecular flexibility index (Phi) is 9.63. The van der Waals surface area contributed by atoms with Gasteiger partial charge in [-0.2, -0.15) is 5.10 Å². The van der Waals surface area contributed by atoms with Gasteiger partial charge in [0.25, 0.3) is 11.8 Å². The number of fused-ring (bicyclic) bond motifs is 3. The van der Waals surface area contributed by atoms with Gasteiger partial charge in [0.1, 0.15) is 28.3 Å². The summed E-state index contributed by atoms with van der Waals surface area (Å²) >= 11 is 1.26. The number of carbonyl (C=O) groups is 4. The predicted octanol–water partition coefficient (Wildman–Crippen LogP) is 2.68. The number of thiazole rings is 1. The zero-order valence-electron chi connectivity index (χ0n) is 24.9. The summed E-state index contributed by atoms with van der Waals surface area (Å²) in [5.41, 5.74) is 2.76. The van der Waals surface area contributed by atoms with E-state index >= 15 is 0 Å². The second kappa shape index (κ2) is 13.8. The van der Waals surface area contributed by atoms with Crippen LogP contribution in [0.5, 0.6) is 0 Å². The molecule has 44 heavy (non-hydrogen) atoms. The third-order valence-corrected chi connectivity index (χ3v) is 8.52. The highest BCUT2D eigenvalue weighted by Crippen LogP contribution is 2.26. The van der Waals surface area contributed by atoms with Crippen molar-refractivity contribution in [3.63, 3.8) is 0 Å². The van der Waals surface area contributed by atoms with Crippen LogP contribution in [0.15, 0.2) is 54.2 Å². The van der Waals surface area contributed by atoms with E-state index in [1.54, 1.807) is 29.4 Å². The first-order chi connectivity index (χ1) is 21.2. The Labute approximate surface area is 259 Å². The molecule has 0 saturated carbocycles. The first-order valence-electron chi connectivity index (χ1n) is 14.7. The molecule has 1 aliphatic rings. The SMILES string of the molecule is CC(C)[C@H]1NC(=O)[C@@H](NC(=O)c2cnc3cnn(C)c3c2)CCCCNC(=O)[C@@H](Cc2ccccc2)NC(=O)c2csc1n2. The second-order valence-corrected chi connectivity index (χ2v) is 12.1. The Morgan fingerprint density at radius 2 is 1.89 bits per heavy atom. The van der Waals surface area contributed by atoms with Crippen LogP contribution in [0.3, 0.4) is 0 Å². The molecular formula is C31H36N8O4S. The molecule has 12 nitrogen and oxygen atoms in total. The standard InChI is InChI=1S/C31H36N8O4S/c1-18(2)26-31-37-24(17-44-31)30(43)36-22(13-19-9-5-4-6-10-19)28(41)32-12-8-7-11-21(29(42)38-26)35-27(40)20-14-25-23(33-15-20)16-34-39(25)3/h4-6,9-10,14-18,21-22,26H,7-8,11-13H2,1-3H3,(H,32,41)(H,35,40)(H,36,43)(H,38,42)/t21-,22+,26+/m0/s1. The fraction of sp³-hybridized carbons (Fsp3) is 0.387. The molecule has 4 aromatic rings. The van der Waals surface area contributed by atoms with Crippen molar-refractivity contribution in [2.24, 2.45) is 13.0 Å². The van der Waals surface area contributed by atoms with Gasteiger partial charge in [-0.25, -0.2) is 4.98 Å². The maximum absolute atomic E-state index is 13.6. The quantitative estimate of drug-likeness (QED) is 0.268. The molecule has 4 amide bonds. The van der Waals surface area contributed by atoms with E-state index in [-0.39, 0.29) is 23.4 Å². The van der Waals surface area contributed by atoms with Crippen LogP contribution in [0.4, 0.5) is 0 Å². The molecule has 0 unspecified atom stereocenters. The topological polar surface area (TPSA) is 160 Å². The van der Waals surface area contributed by atoms with Crippen molar-refractivity contribution in [3.8, 4) is 0 Å².